The van der Waals surface area contributed by atoms with Crippen LogP contribution in [0.4, 0.5) is 0 Å². The van der Waals surface area contributed by atoms with Gasteiger partial charge in [0.25, 0.3) is 0 Å². The lowest BCUT2D eigenvalue weighted by Gasteiger charge is -2.12. The zero-order valence-corrected chi connectivity index (χ0v) is 17.6. The second kappa shape index (κ2) is 11.2. The van der Waals surface area contributed by atoms with Gasteiger partial charge < -0.3 is 15.5 Å². The molecule has 132 valence electrons. The molecule has 23 heavy (non-hydrogen) atoms. The number of halogens is 1. The number of likely N-dealkylation sites (tertiary alicyclic amines) is 1. The van der Waals surface area contributed by atoms with E-state index in [0.717, 1.165) is 38.4 Å². The highest BCUT2D eigenvalue weighted by atomic mass is 127. The Morgan fingerprint density at radius 2 is 2.26 bits per heavy atom. The van der Waals surface area contributed by atoms with Crippen molar-refractivity contribution in [2.45, 2.75) is 33.1 Å². The lowest BCUT2D eigenvalue weighted by molar-refractivity contribution is 0.397. The first-order valence-electron chi connectivity index (χ1n) is 8.35. The van der Waals surface area contributed by atoms with E-state index in [1.165, 1.54) is 29.4 Å². The highest BCUT2D eigenvalue weighted by Gasteiger charge is 2.18. The van der Waals surface area contributed by atoms with Crippen LogP contribution in [0.2, 0.25) is 0 Å². The van der Waals surface area contributed by atoms with E-state index in [4.69, 9.17) is 4.99 Å². The molecule has 1 aromatic rings. The van der Waals surface area contributed by atoms with Gasteiger partial charge in [0.2, 0.25) is 0 Å². The summed E-state index contributed by atoms with van der Waals surface area (Å²) in [5, 5.41) is 7.96. The minimum atomic E-state index is 0. The Labute approximate surface area is 161 Å². The molecule has 2 rings (SSSR count). The van der Waals surface area contributed by atoms with Crippen LogP contribution >= 0.6 is 35.3 Å². The van der Waals surface area contributed by atoms with Gasteiger partial charge in [0, 0.05) is 43.7 Å². The molecule has 0 radical (unpaired) electrons. The van der Waals surface area contributed by atoms with Crippen LogP contribution in [0.5, 0.6) is 0 Å². The van der Waals surface area contributed by atoms with Gasteiger partial charge in [0.15, 0.2) is 5.96 Å². The molecule has 2 N–H and O–H groups in total. The molecule has 1 aliphatic heterocycles. The van der Waals surface area contributed by atoms with Crippen molar-refractivity contribution in [3.8, 4) is 0 Å². The van der Waals surface area contributed by atoms with E-state index in [9.17, 15) is 0 Å². The summed E-state index contributed by atoms with van der Waals surface area (Å²) in [4.78, 5) is 12.9. The summed E-state index contributed by atoms with van der Waals surface area (Å²) in [7, 11) is 2.19. The van der Waals surface area contributed by atoms with Crippen LogP contribution in [-0.4, -0.2) is 55.6 Å². The van der Waals surface area contributed by atoms with Gasteiger partial charge in [-0.05, 0) is 39.3 Å². The van der Waals surface area contributed by atoms with Crippen LogP contribution < -0.4 is 10.6 Å². The fourth-order valence-corrected chi connectivity index (χ4v) is 3.51. The van der Waals surface area contributed by atoms with E-state index in [-0.39, 0.29) is 24.0 Å². The average Bonchev–Trinajstić information content (AvgIpc) is 3.13. The van der Waals surface area contributed by atoms with Gasteiger partial charge >= 0.3 is 0 Å². The smallest absolute Gasteiger partial charge is 0.191 e. The van der Waals surface area contributed by atoms with Crippen molar-refractivity contribution in [3.05, 3.63) is 16.1 Å². The molecule has 0 saturated carbocycles. The van der Waals surface area contributed by atoms with Gasteiger partial charge in [0.05, 0.1) is 5.01 Å². The largest absolute Gasteiger partial charge is 0.357 e. The van der Waals surface area contributed by atoms with Crippen molar-refractivity contribution in [3.63, 3.8) is 0 Å². The van der Waals surface area contributed by atoms with Gasteiger partial charge in [-0.15, -0.1) is 35.3 Å². The standard InChI is InChI=1S/C16H29N5S.HI/c1-4-14-11-19-15(22-14)6-8-18-16(17-5-2)20-10-13-7-9-21(3)12-13;/h11,13H,4-10,12H2,1-3H3,(H2,17,18,20);1H. The number of guanidine groups is 1. The summed E-state index contributed by atoms with van der Waals surface area (Å²) >= 11 is 1.81. The molecule has 1 saturated heterocycles. The topological polar surface area (TPSA) is 52.6 Å². The molecular weight excluding hydrogens is 421 g/mol. The Kier molecular flexibility index (Phi) is 10.0. The molecule has 0 aliphatic carbocycles. The van der Waals surface area contributed by atoms with Crippen LogP contribution in [-0.2, 0) is 12.8 Å². The van der Waals surface area contributed by atoms with Crippen LogP contribution in [0.3, 0.4) is 0 Å². The summed E-state index contributed by atoms with van der Waals surface area (Å²) in [6.07, 6.45) is 5.29. The summed E-state index contributed by atoms with van der Waals surface area (Å²) in [5.41, 5.74) is 0. The maximum Gasteiger partial charge on any atom is 0.191 e. The Hall–Kier alpha value is -0.410. The molecule has 0 spiro atoms. The Morgan fingerprint density at radius 1 is 1.43 bits per heavy atom. The molecule has 0 bridgehead atoms. The molecule has 0 aromatic carbocycles. The molecule has 0 amide bonds. The third kappa shape index (κ3) is 7.34. The fraction of sp³-hybridized carbons (Fsp3) is 0.750. The van der Waals surface area contributed by atoms with Gasteiger partial charge in [-0.3, -0.25) is 4.99 Å². The maximum atomic E-state index is 4.73. The van der Waals surface area contributed by atoms with Crippen LogP contribution in [0.1, 0.15) is 30.2 Å². The van der Waals surface area contributed by atoms with E-state index >= 15 is 0 Å². The number of aryl methyl sites for hydroxylation is 1. The first-order chi connectivity index (χ1) is 10.7. The Bertz CT molecular complexity index is 477. The fourth-order valence-electron chi connectivity index (χ4n) is 2.65. The number of nitrogens with one attached hydrogen (secondary N) is 2. The predicted molar refractivity (Wildman–Crippen MR) is 110 cm³/mol. The van der Waals surface area contributed by atoms with E-state index in [1.807, 2.05) is 17.5 Å². The van der Waals surface area contributed by atoms with Crippen molar-refractivity contribution in [1.29, 1.82) is 0 Å². The molecule has 1 unspecified atom stereocenters. The van der Waals surface area contributed by atoms with Gasteiger partial charge in [-0.25, -0.2) is 4.98 Å². The summed E-state index contributed by atoms with van der Waals surface area (Å²) in [6, 6.07) is 0. The van der Waals surface area contributed by atoms with Gasteiger partial charge in [0.1, 0.15) is 0 Å². The quantitative estimate of drug-likeness (QED) is 0.380. The first-order valence-corrected chi connectivity index (χ1v) is 9.17. The van der Waals surface area contributed by atoms with Crippen molar-refractivity contribution >= 4 is 41.3 Å². The summed E-state index contributed by atoms with van der Waals surface area (Å²) in [5.74, 6) is 1.64. The van der Waals surface area contributed by atoms with Gasteiger partial charge in [-0.1, -0.05) is 6.92 Å². The van der Waals surface area contributed by atoms with Crippen molar-refractivity contribution < 1.29 is 0 Å². The lowest BCUT2D eigenvalue weighted by atomic mass is 10.1. The first kappa shape index (κ1) is 20.6. The number of hydrogen-bond acceptors (Lipinski definition) is 4. The zero-order valence-electron chi connectivity index (χ0n) is 14.5. The molecule has 1 atom stereocenters. The maximum absolute atomic E-state index is 4.73. The molecular formula is C16H30IN5S. The summed E-state index contributed by atoms with van der Waals surface area (Å²) < 4.78 is 0. The number of nitrogens with zero attached hydrogens (tertiary/aromatic N) is 3. The lowest BCUT2D eigenvalue weighted by Crippen LogP contribution is -2.38. The number of hydrogen-bond donors (Lipinski definition) is 2. The van der Waals surface area contributed by atoms with E-state index in [0.29, 0.717) is 5.92 Å². The van der Waals surface area contributed by atoms with Crippen molar-refractivity contribution in [2.75, 3.05) is 39.8 Å². The minimum Gasteiger partial charge on any atom is -0.357 e. The number of aliphatic imine (C=N–C) groups is 1. The zero-order chi connectivity index (χ0) is 15.8. The number of thiazole rings is 1. The number of aromatic nitrogens is 1. The number of rotatable bonds is 7. The summed E-state index contributed by atoms with van der Waals surface area (Å²) in [6.45, 7) is 9.34. The van der Waals surface area contributed by atoms with Crippen molar-refractivity contribution in [2.24, 2.45) is 10.9 Å². The second-order valence-electron chi connectivity index (χ2n) is 5.89. The highest BCUT2D eigenvalue weighted by Crippen LogP contribution is 2.14. The molecule has 1 aliphatic rings. The van der Waals surface area contributed by atoms with E-state index in [1.54, 1.807) is 0 Å². The second-order valence-corrected chi connectivity index (χ2v) is 7.09. The molecule has 5 nitrogen and oxygen atoms in total. The third-order valence-electron chi connectivity index (χ3n) is 3.92. The van der Waals surface area contributed by atoms with Crippen LogP contribution in [0.25, 0.3) is 0 Å². The Morgan fingerprint density at radius 3 is 2.87 bits per heavy atom. The van der Waals surface area contributed by atoms with Crippen molar-refractivity contribution in [1.82, 2.24) is 20.5 Å². The minimum absolute atomic E-state index is 0. The predicted octanol–water partition coefficient (Wildman–Crippen LogP) is 2.37. The Balaban J connectivity index is 0.00000264. The molecule has 1 fully saturated rings. The third-order valence-corrected chi connectivity index (χ3v) is 5.12. The van der Waals surface area contributed by atoms with Gasteiger partial charge in [-0.2, -0.15) is 0 Å². The normalized spacial score (nSPS) is 18.7. The monoisotopic (exact) mass is 451 g/mol. The van der Waals surface area contributed by atoms with E-state index in [2.05, 4.69) is 41.4 Å². The molecule has 2 heterocycles. The van der Waals surface area contributed by atoms with E-state index < -0.39 is 0 Å². The van der Waals surface area contributed by atoms with Crippen LogP contribution in [0, 0.1) is 5.92 Å². The molecule has 1 aromatic heterocycles. The average molecular weight is 451 g/mol. The molecule has 7 heteroatoms. The SMILES string of the molecule is CCNC(=NCC1CCN(C)C1)NCCc1ncc(CC)s1.I. The highest BCUT2D eigenvalue weighted by molar-refractivity contribution is 14.0. The van der Waals surface area contributed by atoms with Crippen LogP contribution in [0.15, 0.2) is 11.2 Å².